The molecule has 0 aliphatic heterocycles. The molecule has 0 aliphatic carbocycles. The van der Waals surface area contributed by atoms with Crippen molar-refractivity contribution in [2.45, 2.75) is 19.3 Å². The molecule has 0 aromatic carbocycles. The van der Waals surface area contributed by atoms with Crippen LogP contribution in [0.1, 0.15) is 29.6 Å². The molecule has 1 rings (SSSR count). The van der Waals surface area contributed by atoms with Gasteiger partial charge in [0, 0.05) is 13.0 Å². The zero-order valence-electron chi connectivity index (χ0n) is 9.85. The molecular weight excluding hydrogens is 236 g/mol. The van der Waals surface area contributed by atoms with Crippen molar-refractivity contribution in [3.63, 3.8) is 0 Å². The van der Waals surface area contributed by atoms with Gasteiger partial charge in [-0.3, -0.25) is 4.79 Å². The molecule has 0 bridgehead atoms. The number of carbonyl (C=O) groups excluding carboxylic acids is 1. The first-order chi connectivity index (χ1) is 8.50. The number of hydrogen-bond donors (Lipinski definition) is 4. The molecule has 0 spiro atoms. The van der Waals surface area contributed by atoms with Gasteiger partial charge in [-0.15, -0.1) is 0 Å². The molecular formula is C11H16N4O3. The van der Waals surface area contributed by atoms with E-state index in [9.17, 15) is 9.59 Å². The second-order valence-electron chi connectivity index (χ2n) is 3.81. The van der Waals surface area contributed by atoms with Crippen LogP contribution in [0.3, 0.4) is 0 Å². The van der Waals surface area contributed by atoms with Crippen LogP contribution in [0.4, 0.5) is 11.5 Å². The van der Waals surface area contributed by atoms with E-state index in [2.05, 4.69) is 10.3 Å². The number of primary amides is 1. The SMILES string of the molecule is NC(=O)CCCCNc1cc(C(=O)O)c(N)cn1. The van der Waals surface area contributed by atoms with E-state index in [0.717, 1.165) is 6.42 Å². The standard InChI is InChI=1S/C11H16N4O3/c12-8-6-15-10(5-7(8)11(17)18)14-4-2-1-3-9(13)16/h5-6H,1-4,12H2,(H2,13,16)(H,14,15)(H,17,18). The Morgan fingerprint density at radius 3 is 2.72 bits per heavy atom. The molecule has 1 amide bonds. The Morgan fingerprint density at radius 1 is 1.39 bits per heavy atom. The van der Waals surface area contributed by atoms with Gasteiger partial charge in [-0.2, -0.15) is 0 Å². The topological polar surface area (TPSA) is 131 Å². The van der Waals surface area contributed by atoms with Crippen LogP contribution in [0.5, 0.6) is 0 Å². The summed E-state index contributed by atoms with van der Waals surface area (Å²) in [5.41, 5.74) is 10.6. The summed E-state index contributed by atoms with van der Waals surface area (Å²) >= 11 is 0. The van der Waals surface area contributed by atoms with Gasteiger partial charge >= 0.3 is 5.97 Å². The number of anilines is 2. The Bertz CT molecular complexity index is 448. The van der Waals surface area contributed by atoms with E-state index in [1.807, 2.05) is 0 Å². The zero-order valence-corrected chi connectivity index (χ0v) is 9.85. The molecule has 7 nitrogen and oxygen atoms in total. The zero-order chi connectivity index (χ0) is 13.5. The number of pyridine rings is 1. The smallest absolute Gasteiger partial charge is 0.337 e. The van der Waals surface area contributed by atoms with E-state index < -0.39 is 5.97 Å². The van der Waals surface area contributed by atoms with Crippen molar-refractivity contribution < 1.29 is 14.7 Å². The summed E-state index contributed by atoms with van der Waals surface area (Å²) in [6, 6.07) is 1.38. The Balaban J connectivity index is 2.45. The first kappa shape index (κ1) is 13.8. The molecule has 0 unspecified atom stereocenters. The average Bonchev–Trinajstić information content (AvgIpc) is 2.30. The largest absolute Gasteiger partial charge is 0.478 e. The summed E-state index contributed by atoms with van der Waals surface area (Å²) in [5, 5.41) is 11.8. The predicted molar refractivity (Wildman–Crippen MR) is 67.1 cm³/mol. The maximum Gasteiger partial charge on any atom is 0.337 e. The average molecular weight is 252 g/mol. The molecule has 0 atom stereocenters. The maximum atomic E-state index is 10.8. The van der Waals surface area contributed by atoms with Gasteiger partial charge in [-0.25, -0.2) is 9.78 Å². The van der Waals surface area contributed by atoms with E-state index in [1.54, 1.807) is 0 Å². The molecule has 0 radical (unpaired) electrons. The Labute approximate surface area is 104 Å². The number of rotatable bonds is 7. The lowest BCUT2D eigenvalue weighted by Crippen LogP contribution is -2.11. The number of unbranched alkanes of at least 4 members (excludes halogenated alkanes) is 1. The van der Waals surface area contributed by atoms with Crippen LogP contribution >= 0.6 is 0 Å². The van der Waals surface area contributed by atoms with Crippen molar-refractivity contribution >= 4 is 23.4 Å². The minimum atomic E-state index is -1.09. The molecule has 1 aromatic heterocycles. The van der Waals surface area contributed by atoms with E-state index in [4.69, 9.17) is 16.6 Å². The van der Waals surface area contributed by atoms with Crippen molar-refractivity contribution in [2.75, 3.05) is 17.6 Å². The number of hydrogen-bond acceptors (Lipinski definition) is 5. The van der Waals surface area contributed by atoms with Crippen molar-refractivity contribution in [3.8, 4) is 0 Å². The van der Waals surface area contributed by atoms with Crippen LogP contribution in [-0.4, -0.2) is 28.5 Å². The van der Waals surface area contributed by atoms with Crippen molar-refractivity contribution in [1.29, 1.82) is 0 Å². The van der Waals surface area contributed by atoms with Gasteiger partial charge in [0.2, 0.25) is 5.91 Å². The van der Waals surface area contributed by atoms with Gasteiger partial charge in [0.1, 0.15) is 5.82 Å². The van der Waals surface area contributed by atoms with Gasteiger partial charge in [0.25, 0.3) is 0 Å². The maximum absolute atomic E-state index is 10.8. The number of carbonyl (C=O) groups is 2. The predicted octanol–water partition coefficient (Wildman–Crippen LogP) is 0.429. The van der Waals surface area contributed by atoms with Crippen LogP contribution < -0.4 is 16.8 Å². The van der Waals surface area contributed by atoms with Crippen LogP contribution in [0, 0.1) is 0 Å². The Kier molecular flexibility index (Phi) is 4.91. The summed E-state index contributed by atoms with van der Waals surface area (Å²) in [5.74, 6) is -0.971. The molecule has 18 heavy (non-hydrogen) atoms. The highest BCUT2D eigenvalue weighted by atomic mass is 16.4. The number of aromatic nitrogens is 1. The second-order valence-corrected chi connectivity index (χ2v) is 3.81. The molecule has 7 heteroatoms. The number of nitrogens with zero attached hydrogens (tertiary/aromatic N) is 1. The van der Waals surface area contributed by atoms with Crippen LogP contribution in [-0.2, 0) is 4.79 Å². The summed E-state index contributed by atoms with van der Waals surface area (Å²) in [6.45, 7) is 0.587. The quantitative estimate of drug-likeness (QED) is 0.520. The third kappa shape index (κ3) is 4.28. The highest BCUT2D eigenvalue weighted by Gasteiger charge is 2.09. The first-order valence-electron chi connectivity index (χ1n) is 5.51. The van der Waals surface area contributed by atoms with Gasteiger partial charge < -0.3 is 21.9 Å². The fourth-order valence-electron chi connectivity index (χ4n) is 1.39. The number of carboxylic acid groups (broad SMARTS) is 1. The monoisotopic (exact) mass is 252 g/mol. The number of carboxylic acids is 1. The van der Waals surface area contributed by atoms with E-state index in [1.165, 1.54) is 12.3 Å². The summed E-state index contributed by atoms with van der Waals surface area (Å²) in [4.78, 5) is 25.3. The van der Waals surface area contributed by atoms with Gasteiger partial charge in [0.15, 0.2) is 0 Å². The van der Waals surface area contributed by atoms with Gasteiger partial charge in [-0.1, -0.05) is 0 Å². The highest BCUT2D eigenvalue weighted by molar-refractivity contribution is 5.94. The third-order valence-electron chi connectivity index (χ3n) is 2.32. The van der Waals surface area contributed by atoms with Crippen LogP contribution in [0.25, 0.3) is 0 Å². The molecule has 0 aliphatic rings. The van der Waals surface area contributed by atoms with E-state index >= 15 is 0 Å². The van der Waals surface area contributed by atoms with Crippen molar-refractivity contribution in [1.82, 2.24) is 4.98 Å². The lowest BCUT2D eigenvalue weighted by molar-refractivity contribution is -0.118. The summed E-state index contributed by atoms with van der Waals surface area (Å²) in [7, 11) is 0. The van der Waals surface area contributed by atoms with Crippen molar-refractivity contribution in [2.24, 2.45) is 5.73 Å². The molecule has 0 saturated carbocycles. The molecule has 6 N–H and O–H groups in total. The van der Waals surface area contributed by atoms with Gasteiger partial charge in [-0.05, 0) is 18.9 Å². The lowest BCUT2D eigenvalue weighted by atomic mass is 10.2. The fraction of sp³-hybridized carbons (Fsp3) is 0.364. The van der Waals surface area contributed by atoms with Gasteiger partial charge in [0.05, 0.1) is 17.4 Å². The molecule has 0 saturated heterocycles. The molecule has 0 fully saturated rings. The minimum Gasteiger partial charge on any atom is -0.478 e. The first-order valence-corrected chi connectivity index (χ1v) is 5.51. The normalized spacial score (nSPS) is 10.0. The number of nitrogen functional groups attached to an aromatic ring is 1. The number of aromatic carboxylic acids is 1. The third-order valence-corrected chi connectivity index (χ3v) is 2.32. The molecule has 1 aromatic rings. The van der Waals surface area contributed by atoms with E-state index in [-0.39, 0.29) is 17.2 Å². The van der Waals surface area contributed by atoms with Crippen LogP contribution in [0.15, 0.2) is 12.3 Å². The van der Waals surface area contributed by atoms with Crippen LogP contribution in [0.2, 0.25) is 0 Å². The fourth-order valence-corrected chi connectivity index (χ4v) is 1.39. The second kappa shape index (κ2) is 6.43. The summed E-state index contributed by atoms with van der Waals surface area (Å²) < 4.78 is 0. The minimum absolute atomic E-state index is 0.0182. The Hall–Kier alpha value is -2.31. The number of nitrogens with two attached hydrogens (primary N) is 2. The Morgan fingerprint density at radius 2 is 2.11 bits per heavy atom. The summed E-state index contributed by atoms with van der Waals surface area (Å²) in [6.07, 6.45) is 3.08. The lowest BCUT2D eigenvalue weighted by Gasteiger charge is -2.07. The number of nitrogens with one attached hydrogen (secondary N) is 1. The van der Waals surface area contributed by atoms with E-state index in [0.29, 0.717) is 25.2 Å². The number of amides is 1. The molecule has 98 valence electrons. The highest BCUT2D eigenvalue weighted by Crippen LogP contribution is 2.14. The van der Waals surface area contributed by atoms with Crippen molar-refractivity contribution in [3.05, 3.63) is 17.8 Å². The molecule has 1 heterocycles.